The molecule has 11 nitrogen and oxygen atoms in total. The number of carbonyl (C=O) groups excluding carboxylic acids is 2. The molecular formula is C32H39Cl2N7O4. The number of morpholine rings is 1. The zero-order valence-electron chi connectivity index (χ0n) is 26.6. The van der Waals surface area contributed by atoms with Crippen LogP contribution in [0.5, 0.6) is 0 Å². The molecule has 0 bridgehead atoms. The van der Waals surface area contributed by atoms with Crippen LogP contribution in [0.4, 0.5) is 33.6 Å². The minimum absolute atomic E-state index is 0.0662. The molecule has 2 aromatic carbocycles. The van der Waals surface area contributed by atoms with Crippen LogP contribution in [0, 0.1) is 0 Å². The summed E-state index contributed by atoms with van der Waals surface area (Å²) in [5, 5.41) is 4.04. The molecule has 1 fully saturated rings. The smallest absolute Gasteiger partial charge is 0.410 e. The van der Waals surface area contributed by atoms with Crippen molar-refractivity contribution in [3.63, 3.8) is 0 Å². The van der Waals surface area contributed by atoms with Gasteiger partial charge in [-0.25, -0.2) is 9.78 Å². The quantitative estimate of drug-likeness (QED) is 0.316. The normalized spacial score (nSPS) is 18.5. The van der Waals surface area contributed by atoms with Crippen LogP contribution in [0.1, 0.15) is 50.5 Å². The molecule has 2 atom stereocenters. The van der Waals surface area contributed by atoms with Gasteiger partial charge < -0.3 is 29.5 Å². The monoisotopic (exact) mass is 655 g/mol. The summed E-state index contributed by atoms with van der Waals surface area (Å²) in [6.45, 7) is 11.6. The topological polar surface area (TPSA) is 103 Å². The van der Waals surface area contributed by atoms with E-state index in [9.17, 15) is 9.59 Å². The van der Waals surface area contributed by atoms with E-state index in [4.69, 9.17) is 32.7 Å². The molecule has 0 unspecified atom stereocenters. The fourth-order valence-electron chi connectivity index (χ4n) is 5.54. The number of halogens is 2. The van der Waals surface area contributed by atoms with Crippen molar-refractivity contribution in [3.05, 3.63) is 63.8 Å². The van der Waals surface area contributed by atoms with Gasteiger partial charge in [-0.15, -0.1) is 0 Å². The highest BCUT2D eigenvalue weighted by Crippen LogP contribution is 2.38. The van der Waals surface area contributed by atoms with E-state index in [2.05, 4.69) is 34.0 Å². The van der Waals surface area contributed by atoms with Crippen LogP contribution in [0.15, 0.2) is 42.6 Å². The fourth-order valence-corrected chi connectivity index (χ4v) is 6.15. The number of para-hydroxylation sites is 1. The average Bonchev–Trinajstić information content (AvgIpc) is 2.94. The molecule has 2 aliphatic heterocycles. The predicted molar refractivity (Wildman–Crippen MR) is 178 cm³/mol. The first-order chi connectivity index (χ1) is 21.2. The zero-order valence-corrected chi connectivity index (χ0v) is 28.1. The molecule has 1 aromatic heterocycles. The standard InChI is InChI=1S/C32H39Cl2N7O4/c1-19-15-40(16-20(2)44-19)26-12-11-22(13-21(26)17-38(6)31(43)45-32(3,4)5)36-30-35-14-23-28(37-30)39(7)18-41(29(23)42)27-24(33)9-8-10-25(27)34/h8-14,19-20H,15-18H2,1-7H3,(H,35,36,37)/t19-,20+. The number of anilines is 5. The third-order valence-electron chi connectivity index (χ3n) is 7.38. The Kier molecular flexibility index (Phi) is 9.34. The Morgan fingerprint density at radius 1 is 1.13 bits per heavy atom. The second-order valence-electron chi connectivity index (χ2n) is 12.5. The largest absolute Gasteiger partial charge is 0.444 e. The number of ether oxygens (including phenoxy) is 2. The number of nitrogens with zero attached hydrogens (tertiary/aromatic N) is 6. The van der Waals surface area contributed by atoms with E-state index in [1.165, 1.54) is 11.1 Å². The average molecular weight is 657 g/mol. The second-order valence-corrected chi connectivity index (χ2v) is 13.4. The number of hydrogen-bond donors (Lipinski definition) is 1. The first-order valence-electron chi connectivity index (χ1n) is 14.8. The molecule has 2 amide bonds. The molecule has 1 N–H and O–H groups in total. The first-order valence-corrected chi connectivity index (χ1v) is 15.5. The van der Waals surface area contributed by atoms with E-state index in [0.29, 0.717) is 39.6 Å². The van der Waals surface area contributed by atoms with Gasteiger partial charge in [0.05, 0.1) is 41.2 Å². The maximum Gasteiger partial charge on any atom is 0.410 e. The summed E-state index contributed by atoms with van der Waals surface area (Å²) in [5.74, 6) is 0.510. The summed E-state index contributed by atoms with van der Waals surface area (Å²) in [4.78, 5) is 42.7. The third-order valence-corrected chi connectivity index (χ3v) is 7.99. The molecule has 13 heteroatoms. The Bertz CT molecular complexity index is 1570. The van der Waals surface area contributed by atoms with Crippen LogP contribution in [0.2, 0.25) is 10.0 Å². The number of benzene rings is 2. The van der Waals surface area contributed by atoms with Gasteiger partial charge in [0.2, 0.25) is 5.95 Å². The van der Waals surface area contributed by atoms with Gasteiger partial charge in [0.1, 0.15) is 17.0 Å². The van der Waals surface area contributed by atoms with Gasteiger partial charge in [0.15, 0.2) is 0 Å². The molecule has 3 heterocycles. The molecule has 0 radical (unpaired) electrons. The Labute approximate surface area is 274 Å². The predicted octanol–water partition coefficient (Wildman–Crippen LogP) is 6.56. The van der Waals surface area contributed by atoms with Crippen LogP contribution in [0.3, 0.4) is 0 Å². The van der Waals surface area contributed by atoms with Crippen LogP contribution < -0.4 is 20.0 Å². The highest BCUT2D eigenvalue weighted by molar-refractivity contribution is 6.40. The van der Waals surface area contributed by atoms with E-state index < -0.39 is 11.7 Å². The molecule has 0 spiro atoms. The first kappa shape index (κ1) is 32.6. The molecule has 2 aliphatic rings. The van der Waals surface area contributed by atoms with Gasteiger partial charge in [-0.05, 0) is 70.5 Å². The number of nitrogens with one attached hydrogen (secondary N) is 1. The lowest BCUT2D eigenvalue weighted by atomic mass is 10.1. The van der Waals surface area contributed by atoms with Gasteiger partial charge in [-0.1, -0.05) is 29.3 Å². The number of fused-ring (bicyclic) bond motifs is 1. The molecule has 5 rings (SSSR count). The van der Waals surface area contributed by atoms with Crippen molar-refractivity contribution >= 4 is 64.0 Å². The Morgan fingerprint density at radius 2 is 1.80 bits per heavy atom. The Balaban J connectivity index is 1.42. The fraction of sp³-hybridized carbons (Fsp3) is 0.438. The zero-order chi connectivity index (χ0) is 32.6. The van der Waals surface area contributed by atoms with E-state index in [0.717, 1.165) is 30.0 Å². The minimum atomic E-state index is -0.609. The highest BCUT2D eigenvalue weighted by Gasteiger charge is 2.33. The summed E-state index contributed by atoms with van der Waals surface area (Å²) < 4.78 is 11.6. The number of aromatic nitrogens is 2. The van der Waals surface area contributed by atoms with Crippen molar-refractivity contribution in [1.82, 2.24) is 14.9 Å². The number of amides is 2. The summed E-state index contributed by atoms with van der Waals surface area (Å²) in [5.41, 5.74) is 2.83. The number of rotatable bonds is 6. The summed E-state index contributed by atoms with van der Waals surface area (Å²) in [6, 6.07) is 11.1. The number of carbonyl (C=O) groups is 2. The van der Waals surface area contributed by atoms with Gasteiger partial charge in [0.25, 0.3) is 5.91 Å². The van der Waals surface area contributed by atoms with Crippen LogP contribution >= 0.6 is 23.2 Å². The van der Waals surface area contributed by atoms with Gasteiger partial charge in [-0.3, -0.25) is 9.69 Å². The third kappa shape index (κ3) is 7.37. The van der Waals surface area contributed by atoms with Crippen molar-refractivity contribution in [2.24, 2.45) is 0 Å². The van der Waals surface area contributed by atoms with Crippen molar-refractivity contribution in [2.45, 2.75) is 59.0 Å². The SMILES string of the molecule is C[C@@H]1CN(c2ccc(Nc3ncc4c(n3)N(C)CN(c3c(Cl)cccc3Cl)C4=O)cc2CN(C)C(=O)OC(C)(C)C)C[C@H](C)O1. The van der Waals surface area contributed by atoms with Crippen molar-refractivity contribution in [3.8, 4) is 0 Å². The van der Waals surface area contributed by atoms with Gasteiger partial charge in [-0.2, -0.15) is 4.98 Å². The molecule has 240 valence electrons. The molecule has 45 heavy (non-hydrogen) atoms. The van der Waals surface area contributed by atoms with Gasteiger partial charge >= 0.3 is 6.09 Å². The number of hydrogen-bond acceptors (Lipinski definition) is 9. The second kappa shape index (κ2) is 12.9. The lowest BCUT2D eigenvalue weighted by Crippen LogP contribution is -2.46. The lowest BCUT2D eigenvalue weighted by Gasteiger charge is -2.38. The van der Waals surface area contributed by atoms with E-state index in [1.807, 2.05) is 50.9 Å². The summed E-state index contributed by atoms with van der Waals surface area (Å²) >= 11 is 12.8. The van der Waals surface area contributed by atoms with Crippen molar-refractivity contribution in [2.75, 3.05) is 53.9 Å². The Morgan fingerprint density at radius 3 is 2.44 bits per heavy atom. The van der Waals surface area contributed by atoms with Crippen molar-refractivity contribution < 1.29 is 19.1 Å². The van der Waals surface area contributed by atoms with Gasteiger partial charge in [0, 0.05) is 44.8 Å². The van der Waals surface area contributed by atoms with E-state index in [1.54, 1.807) is 30.1 Å². The molecule has 0 saturated carbocycles. The van der Waals surface area contributed by atoms with E-state index in [-0.39, 0.29) is 24.8 Å². The summed E-state index contributed by atoms with van der Waals surface area (Å²) in [7, 11) is 3.56. The Hall–Kier alpha value is -3.80. The lowest BCUT2D eigenvalue weighted by molar-refractivity contribution is -0.00535. The highest BCUT2D eigenvalue weighted by atomic mass is 35.5. The van der Waals surface area contributed by atoms with Crippen molar-refractivity contribution in [1.29, 1.82) is 0 Å². The molecule has 0 aliphatic carbocycles. The maximum absolute atomic E-state index is 13.5. The van der Waals surface area contributed by atoms with Crippen LogP contribution in [0.25, 0.3) is 0 Å². The van der Waals surface area contributed by atoms with Crippen LogP contribution in [-0.4, -0.2) is 78.5 Å². The maximum atomic E-state index is 13.5. The molecule has 3 aromatic rings. The molecule has 1 saturated heterocycles. The van der Waals surface area contributed by atoms with E-state index >= 15 is 0 Å². The van der Waals surface area contributed by atoms with Crippen LogP contribution in [-0.2, 0) is 16.0 Å². The minimum Gasteiger partial charge on any atom is -0.444 e. The molecular weight excluding hydrogens is 617 g/mol. The summed E-state index contributed by atoms with van der Waals surface area (Å²) in [6.07, 6.45) is 1.23.